The molecule has 2 N–H and O–H groups in total. The van der Waals surface area contributed by atoms with Crippen LogP contribution in [0.5, 0.6) is 23.0 Å². The minimum absolute atomic E-state index is 0.136. The van der Waals surface area contributed by atoms with Gasteiger partial charge >= 0.3 is 0 Å². The first-order chi connectivity index (χ1) is 19.4. The lowest BCUT2D eigenvalue weighted by molar-refractivity contribution is 0.0745. The quantitative estimate of drug-likeness (QED) is 0.256. The Kier molecular flexibility index (Phi) is 7.69. The van der Waals surface area contributed by atoms with Crippen LogP contribution in [0.15, 0.2) is 54.6 Å². The van der Waals surface area contributed by atoms with Crippen LogP contribution in [0.1, 0.15) is 57.7 Å². The molecule has 2 heterocycles. The zero-order valence-electron chi connectivity index (χ0n) is 23.6. The number of carbonyl (C=O) groups is 1. The Balaban J connectivity index is 1.58. The average Bonchev–Trinajstić information content (AvgIpc) is 3.48. The third-order valence-corrected chi connectivity index (χ3v) is 7.30. The van der Waals surface area contributed by atoms with Crippen molar-refractivity contribution in [3.05, 3.63) is 88.1 Å². The number of aryl methyl sites for hydroxylation is 2. The van der Waals surface area contributed by atoms with Gasteiger partial charge in [-0.25, -0.2) is 0 Å². The SMILES string of the molecule is CCCOc1cccc(C2c3c(-c4c(C)cc(C)cc4O)n[nH]c3C(=O)N2CCc2ccc(OC)c(OC)c2)c1. The first-order valence-corrected chi connectivity index (χ1v) is 13.5. The molecule has 208 valence electrons. The number of hydrogen-bond acceptors (Lipinski definition) is 6. The number of amides is 1. The number of methoxy groups -OCH3 is 2. The maximum Gasteiger partial charge on any atom is 0.273 e. The summed E-state index contributed by atoms with van der Waals surface area (Å²) < 4.78 is 16.8. The summed E-state index contributed by atoms with van der Waals surface area (Å²) in [4.78, 5) is 15.7. The molecular formula is C32H35N3O5. The monoisotopic (exact) mass is 541 g/mol. The molecule has 1 aliphatic heterocycles. The Bertz CT molecular complexity index is 1520. The van der Waals surface area contributed by atoms with Gasteiger partial charge in [0.1, 0.15) is 22.9 Å². The highest BCUT2D eigenvalue weighted by atomic mass is 16.5. The highest BCUT2D eigenvalue weighted by Crippen LogP contribution is 2.46. The molecule has 8 nitrogen and oxygen atoms in total. The number of nitrogens with zero attached hydrogens (tertiary/aromatic N) is 2. The van der Waals surface area contributed by atoms with Crippen LogP contribution in [0.25, 0.3) is 11.3 Å². The molecule has 0 fully saturated rings. The molecule has 0 bridgehead atoms. The molecule has 0 spiro atoms. The fourth-order valence-corrected chi connectivity index (χ4v) is 5.50. The highest BCUT2D eigenvalue weighted by molar-refractivity contribution is 6.00. The van der Waals surface area contributed by atoms with Gasteiger partial charge in [0.15, 0.2) is 11.5 Å². The van der Waals surface area contributed by atoms with E-state index in [-0.39, 0.29) is 11.7 Å². The van der Waals surface area contributed by atoms with E-state index < -0.39 is 6.04 Å². The predicted octanol–water partition coefficient (Wildman–Crippen LogP) is 5.99. The first kappa shape index (κ1) is 27.1. The molecule has 0 saturated heterocycles. The van der Waals surface area contributed by atoms with Crippen LogP contribution in [-0.2, 0) is 6.42 Å². The van der Waals surface area contributed by atoms with Gasteiger partial charge in [0.05, 0.1) is 26.9 Å². The van der Waals surface area contributed by atoms with Crippen molar-refractivity contribution in [3.8, 4) is 34.3 Å². The Hall–Kier alpha value is -4.46. The maximum absolute atomic E-state index is 13.9. The molecule has 1 aliphatic rings. The molecule has 3 aromatic carbocycles. The minimum Gasteiger partial charge on any atom is -0.507 e. The third-order valence-electron chi connectivity index (χ3n) is 7.30. The highest BCUT2D eigenvalue weighted by Gasteiger charge is 2.42. The van der Waals surface area contributed by atoms with Crippen molar-refractivity contribution in [2.45, 2.75) is 39.7 Å². The smallest absolute Gasteiger partial charge is 0.273 e. The summed E-state index contributed by atoms with van der Waals surface area (Å²) in [6.45, 7) is 7.02. The summed E-state index contributed by atoms with van der Waals surface area (Å²) in [6.07, 6.45) is 1.50. The summed E-state index contributed by atoms with van der Waals surface area (Å²) in [7, 11) is 3.22. The Morgan fingerprint density at radius 2 is 1.82 bits per heavy atom. The number of hydrogen-bond donors (Lipinski definition) is 2. The van der Waals surface area contributed by atoms with Gasteiger partial charge in [0.25, 0.3) is 5.91 Å². The number of H-pyrrole nitrogens is 1. The van der Waals surface area contributed by atoms with Crippen molar-refractivity contribution in [2.24, 2.45) is 0 Å². The van der Waals surface area contributed by atoms with Crippen LogP contribution in [0.3, 0.4) is 0 Å². The number of rotatable bonds is 10. The van der Waals surface area contributed by atoms with Gasteiger partial charge in [-0.05, 0) is 79.3 Å². The van der Waals surface area contributed by atoms with Crippen molar-refractivity contribution < 1.29 is 24.1 Å². The molecule has 5 rings (SSSR count). The van der Waals surface area contributed by atoms with Crippen LogP contribution in [0.2, 0.25) is 0 Å². The predicted molar refractivity (Wildman–Crippen MR) is 154 cm³/mol. The van der Waals surface area contributed by atoms with E-state index in [9.17, 15) is 9.90 Å². The number of phenolic OH excluding ortho intramolecular Hbond substituents is 1. The van der Waals surface area contributed by atoms with E-state index in [2.05, 4.69) is 17.1 Å². The van der Waals surface area contributed by atoms with E-state index in [1.165, 1.54) is 0 Å². The van der Waals surface area contributed by atoms with Gasteiger partial charge in [0, 0.05) is 17.7 Å². The Labute approximate surface area is 234 Å². The molecule has 1 amide bonds. The van der Waals surface area contributed by atoms with Crippen LogP contribution >= 0.6 is 0 Å². The minimum atomic E-state index is -0.415. The summed E-state index contributed by atoms with van der Waals surface area (Å²) >= 11 is 0. The summed E-state index contributed by atoms with van der Waals surface area (Å²) in [5.74, 6) is 2.06. The van der Waals surface area contributed by atoms with Crippen molar-refractivity contribution >= 4 is 5.91 Å². The second kappa shape index (κ2) is 11.3. The molecule has 8 heteroatoms. The van der Waals surface area contributed by atoms with E-state index in [1.54, 1.807) is 20.3 Å². The first-order valence-electron chi connectivity index (χ1n) is 13.5. The van der Waals surface area contributed by atoms with Gasteiger partial charge in [-0.15, -0.1) is 0 Å². The van der Waals surface area contributed by atoms with E-state index in [0.717, 1.165) is 40.0 Å². The molecule has 1 atom stereocenters. The molecule has 0 saturated carbocycles. The zero-order chi connectivity index (χ0) is 28.4. The molecule has 1 unspecified atom stereocenters. The lowest BCUT2D eigenvalue weighted by atomic mass is 9.93. The molecule has 1 aromatic heterocycles. The molecule has 0 radical (unpaired) electrons. The van der Waals surface area contributed by atoms with Gasteiger partial charge in [0.2, 0.25) is 0 Å². The number of carbonyl (C=O) groups excluding carboxylic acids is 1. The Morgan fingerprint density at radius 1 is 1.02 bits per heavy atom. The van der Waals surface area contributed by atoms with Crippen molar-refractivity contribution in [1.82, 2.24) is 15.1 Å². The molecule has 4 aromatic rings. The lowest BCUT2D eigenvalue weighted by Crippen LogP contribution is -2.31. The van der Waals surface area contributed by atoms with E-state index in [4.69, 9.17) is 14.2 Å². The number of aromatic hydroxyl groups is 1. The van der Waals surface area contributed by atoms with Crippen LogP contribution in [0, 0.1) is 13.8 Å². The Morgan fingerprint density at radius 3 is 2.55 bits per heavy atom. The van der Waals surface area contributed by atoms with Crippen LogP contribution < -0.4 is 14.2 Å². The number of benzene rings is 3. The number of ether oxygens (including phenoxy) is 3. The largest absolute Gasteiger partial charge is 0.507 e. The third kappa shape index (κ3) is 4.97. The number of nitrogens with one attached hydrogen (secondary N) is 1. The zero-order valence-corrected chi connectivity index (χ0v) is 23.6. The fraction of sp³-hybridized carbons (Fsp3) is 0.312. The van der Waals surface area contributed by atoms with Crippen LogP contribution in [0.4, 0.5) is 0 Å². The summed E-state index contributed by atoms with van der Waals surface area (Å²) in [6, 6.07) is 17.0. The van der Waals surface area contributed by atoms with Crippen LogP contribution in [-0.4, -0.2) is 53.5 Å². The summed E-state index contributed by atoms with van der Waals surface area (Å²) in [5, 5.41) is 18.5. The van der Waals surface area contributed by atoms with Crippen molar-refractivity contribution in [1.29, 1.82) is 0 Å². The fourth-order valence-electron chi connectivity index (χ4n) is 5.50. The number of aromatic nitrogens is 2. The van der Waals surface area contributed by atoms with E-state index in [0.29, 0.717) is 48.0 Å². The average molecular weight is 542 g/mol. The van der Waals surface area contributed by atoms with Gasteiger partial charge in [-0.1, -0.05) is 31.2 Å². The second-order valence-corrected chi connectivity index (χ2v) is 10.1. The number of fused-ring (bicyclic) bond motifs is 1. The number of aromatic amines is 1. The van der Waals surface area contributed by atoms with Gasteiger partial charge in [-0.3, -0.25) is 9.89 Å². The van der Waals surface area contributed by atoms with Crippen molar-refractivity contribution in [3.63, 3.8) is 0 Å². The normalized spacial score (nSPS) is 14.4. The molecule has 0 aliphatic carbocycles. The molecule has 40 heavy (non-hydrogen) atoms. The van der Waals surface area contributed by atoms with Gasteiger partial charge < -0.3 is 24.2 Å². The summed E-state index contributed by atoms with van der Waals surface area (Å²) in [5.41, 5.74) is 6.18. The lowest BCUT2D eigenvalue weighted by Gasteiger charge is -2.27. The van der Waals surface area contributed by atoms with Gasteiger partial charge in [-0.2, -0.15) is 5.10 Å². The van der Waals surface area contributed by atoms with E-state index >= 15 is 0 Å². The second-order valence-electron chi connectivity index (χ2n) is 10.1. The maximum atomic E-state index is 13.9. The number of phenols is 1. The molecular weight excluding hydrogens is 506 g/mol. The van der Waals surface area contributed by atoms with E-state index in [1.807, 2.05) is 67.3 Å². The topological polar surface area (TPSA) is 96.9 Å². The standard InChI is InChI=1S/C32H35N3O5/c1-6-14-40-23-9-7-8-22(18-23)31-28-29(27-20(3)15-19(2)16-24(27)36)33-34-30(28)32(37)35(31)13-12-21-10-11-25(38-4)26(17-21)39-5/h7-11,15-18,31,36H,6,12-14H2,1-5H3,(H,33,34). The van der Waals surface area contributed by atoms with Crippen molar-refractivity contribution in [2.75, 3.05) is 27.4 Å².